The van der Waals surface area contributed by atoms with Crippen molar-refractivity contribution in [2.24, 2.45) is 0 Å². The van der Waals surface area contributed by atoms with Crippen LogP contribution in [-0.4, -0.2) is 17.0 Å². The fourth-order valence-electron chi connectivity index (χ4n) is 0.551. The van der Waals surface area contributed by atoms with E-state index in [0.717, 1.165) is 5.75 Å². The third-order valence-corrected chi connectivity index (χ3v) is 3.06. The van der Waals surface area contributed by atoms with E-state index in [-0.39, 0.29) is 6.10 Å². The Balaban J connectivity index is 2.28. The Labute approximate surface area is 69.1 Å². The minimum Gasteiger partial charge on any atom is -0.393 e. The first-order valence-corrected chi connectivity index (χ1v) is 5.05. The summed E-state index contributed by atoms with van der Waals surface area (Å²) >= 11 is 3.38. The molecule has 0 fully saturated rings. The molecule has 10 heavy (non-hydrogen) atoms. The molecule has 0 aliphatic rings. The second kappa shape index (κ2) is 4.01. The zero-order valence-electron chi connectivity index (χ0n) is 5.78. The maximum atomic E-state index is 8.93. The molecule has 1 rings (SSSR count). The van der Waals surface area contributed by atoms with E-state index in [0.29, 0.717) is 0 Å². The van der Waals surface area contributed by atoms with Crippen LogP contribution in [0.2, 0.25) is 0 Å². The standard InChI is InChI=1S/C7H10OS2/c1-6(8)4-10-7-2-3-9-5-7/h2-3,5-6,8H,4H2,1H3. The molecule has 0 amide bonds. The van der Waals surface area contributed by atoms with E-state index in [9.17, 15) is 0 Å². The first-order valence-electron chi connectivity index (χ1n) is 3.12. The number of thiophene rings is 1. The van der Waals surface area contributed by atoms with Crippen LogP contribution in [0.1, 0.15) is 6.92 Å². The summed E-state index contributed by atoms with van der Waals surface area (Å²) in [6.45, 7) is 1.80. The first kappa shape index (κ1) is 8.11. The lowest BCUT2D eigenvalue weighted by Crippen LogP contribution is -2.01. The average molecular weight is 174 g/mol. The molecule has 0 saturated carbocycles. The van der Waals surface area contributed by atoms with E-state index < -0.39 is 0 Å². The molecule has 1 nitrogen and oxygen atoms in total. The summed E-state index contributed by atoms with van der Waals surface area (Å²) in [6, 6.07) is 2.07. The van der Waals surface area contributed by atoms with E-state index in [1.807, 2.05) is 5.38 Å². The highest BCUT2D eigenvalue weighted by Gasteiger charge is 1.97. The molecule has 0 aliphatic heterocycles. The van der Waals surface area contributed by atoms with Crippen molar-refractivity contribution in [3.8, 4) is 0 Å². The Morgan fingerprint density at radius 1 is 1.80 bits per heavy atom. The molecule has 1 heterocycles. The number of hydrogen-bond donors (Lipinski definition) is 1. The van der Waals surface area contributed by atoms with Crippen molar-refractivity contribution in [3.05, 3.63) is 16.8 Å². The lowest BCUT2D eigenvalue weighted by molar-refractivity contribution is 0.220. The van der Waals surface area contributed by atoms with Crippen LogP contribution in [0.4, 0.5) is 0 Å². The van der Waals surface area contributed by atoms with Gasteiger partial charge in [-0.3, -0.25) is 0 Å². The predicted octanol–water partition coefficient (Wildman–Crippen LogP) is 2.22. The van der Waals surface area contributed by atoms with Gasteiger partial charge in [-0.05, 0) is 18.4 Å². The molecule has 1 N–H and O–H groups in total. The molecule has 0 bridgehead atoms. The van der Waals surface area contributed by atoms with Gasteiger partial charge in [-0.1, -0.05) is 0 Å². The Morgan fingerprint density at radius 2 is 2.60 bits per heavy atom. The van der Waals surface area contributed by atoms with E-state index in [2.05, 4.69) is 11.4 Å². The summed E-state index contributed by atoms with van der Waals surface area (Å²) in [5.41, 5.74) is 0. The fourth-order valence-corrected chi connectivity index (χ4v) is 2.19. The summed E-state index contributed by atoms with van der Waals surface area (Å²) in [7, 11) is 0. The molecule has 56 valence electrons. The Bertz CT molecular complexity index is 170. The van der Waals surface area contributed by atoms with Crippen LogP contribution in [0.25, 0.3) is 0 Å². The lowest BCUT2D eigenvalue weighted by Gasteiger charge is -1.99. The van der Waals surface area contributed by atoms with Gasteiger partial charge < -0.3 is 5.11 Å². The van der Waals surface area contributed by atoms with Crippen LogP contribution in [0.5, 0.6) is 0 Å². The molecule has 0 aromatic carbocycles. The number of aliphatic hydroxyl groups is 1. The topological polar surface area (TPSA) is 20.2 Å². The highest BCUT2D eigenvalue weighted by atomic mass is 32.2. The summed E-state index contributed by atoms with van der Waals surface area (Å²) in [6.07, 6.45) is -0.204. The Morgan fingerprint density at radius 3 is 3.10 bits per heavy atom. The van der Waals surface area contributed by atoms with Gasteiger partial charge in [0.05, 0.1) is 6.10 Å². The van der Waals surface area contributed by atoms with Gasteiger partial charge >= 0.3 is 0 Å². The quantitative estimate of drug-likeness (QED) is 0.709. The van der Waals surface area contributed by atoms with Crippen LogP contribution >= 0.6 is 23.1 Å². The summed E-state index contributed by atoms with van der Waals surface area (Å²) in [4.78, 5) is 1.26. The van der Waals surface area contributed by atoms with Crippen LogP contribution in [0.15, 0.2) is 21.7 Å². The molecule has 0 spiro atoms. The number of thioether (sulfide) groups is 1. The first-order chi connectivity index (χ1) is 4.79. The highest BCUT2D eigenvalue weighted by Crippen LogP contribution is 2.20. The van der Waals surface area contributed by atoms with E-state index >= 15 is 0 Å². The minimum atomic E-state index is -0.204. The van der Waals surface area contributed by atoms with Gasteiger partial charge in [-0.15, -0.1) is 11.8 Å². The van der Waals surface area contributed by atoms with Crippen LogP contribution < -0.4 is 0 Å². The molecule has 0 radical (unpaired) electrons. The van der Waals surface area contributed by atoms with Gasteiger partial charge in [-0.25, -0.2) is 0 Å². The van der Waals surface area contributed by atoms with Gasteiger partial charge in [0.15, 0.2) is 0 Å². The highest BCUT2D eigenvalue weighted by molar-refractivity contribution is 7.99. The summed E-state index contributed by atoms with van der Waals surface area (Å²) in [5.74, 6) is 0.788. The molecule has 0 aliphatic carbocycles. The molecule has 1 atom stereocenters. The predicted molar refractivity (Wildman–Crippen MR) is 46.7 cm³/mol. The smallest absolute Gasteiger partial charge is 0.0606 e. The van der Waals surface area contributed by atoms with Gasteiger partial charge in [-0.2, -0.15) is 11.3 Å². The average Bonchev–Trinajstić information content (AvgIpc) is 2.34. The zero-order chi connectivity index (χ0) is 7.40. The monoisotopic (exact) mass is 174 g/mol. The van der Waals surface area contributed by atoms with Crippen molar-refractivity contribution in [2.75, 3.05) is 5.75 Å². The summed E-state index contributed by atoms with van der Waals surface area (Å²) in [5, 5.41) is 13.1. The van der Waals surface area contributed by atoms with Gasteiger partial charge in [0.2, 0.25) is 0 Å². The third-order valence-electron chi connectivity index (χ3n) is 0.986. The van der Waals surface area contributed by atoms with Crippen molar-refractivity contribution in [2.45, 2.75) is 17.9 Å². The third kappa shape index (κ3) is 2.73. The van der Waals surface area contributed by atoms with E-state index in [1.54, 1.807) is 30.0 Å². The van der Waals surface area contributed by atoms with Crippen molar-refractivity contribution in [3.63, 3.8) is 0 Å². The normalized spacial score (nSPS) is 13.4. The molecule has 1 unspecified atom stereocenters. The number of aliphatic hydroxyl groups excluding tert-OH is 1. The molecule has 0 saturated heterocycles. The van der Waals surface area contributed by atoms with Gasteiger partial charge in [0.25, 0.3) is 0 Å². The van der Waals surface area contributed by atoms with Crippen LogP contribution in [0, 0.1) is 0 Å². The molecule has 3 heteroatoms. The molecular weight excluding hydrogens is 164 g/mol. The SMILES string of the molecule is CC(O)CSc1ccsc1. The fraction of sp³-hybridized carbons (Fsp3) is 0.429. The van der Waals surface area contributed by atoms with E-state index in [1.165, 1.54) is 4.90 Å². The largest absolute Gasteiger partial charge is 0.393 e. The second-order valence-corrected chi connectivity index (χ2v) is 3.99. The van der Waals surface area contributed by atoms with Gasteiger partial charge in [0, 0.05) is 16.0 Å². The molecule has 1 aromatic rings. The molecular formula is C7H10OS2. The van der Waals surface area contributed by atoms with Crippen molar-refractivity contribution < 1.29 is 5.11 Å². The van der Waals surface area contributed by atoms with Crippen molar-refractivity contribution in [1.82, 2.24) is 0 Å². The van der Waals surface area contributed by atoms with E-state index in [4.69, 9.17) is 5.11 Å². The Hall–Kier alpha value is 0.01000. The van der Waals surface area contributed by atoms with Crippen LogP contribution in [0.3, 0.4) is 0 Å². The van der Waals surface area contributed by atoms with Crippen LogP contribution in [-0.2, 0) is 0 Å². The second-order valence-electron chi connectivity index (χ2n) is 2.12. The Kier molecular flexibility index (Phi) is 3.25. The lowest BCUT2D eigenvalue weighted by atomic mass is 10.5. The minimum absolute atomic E-state index is 0.204. The molecule has 1 aromatic heterocycles. The number of hydrogen-bond acceptors (Lipinski definition) is 3. The van der Waals surface area contributed by atoms with Crippen molar-refractivity contribution in [1.29, 1.82) is 0 Å². The number of rotatable bonds is 3. The maximum absolute atomic E-state index is 8.93. The van der Waals surface area contributed by atoms with Crippen molar-refractivity contribution >= 4 is 23.1 Å². The maximum Gasteiger partial charge on any atom is 0.0606 e. The van der Waals surface area contributed by atoms with Gasteiger partial charge in [0.1, 0.15) is 0 Å². The zero-order valence-corrected chi connectivity index (χ0v) is 7.41. The summed E-state index contributed by atoms with van der Waals surface area (Å²) < 4.78 is 0.